The van der Waals surface area contributed by atoms with E-state index in [9.17, 15) is 4.79 Å². The lowest BCUT2D eigenvalue weighted by atomic mass is 10.0. The first-order chi connectivity index (χ1) is 8.42. The zero-order chi connectivity index (χ0) is 13.3. The van der Waals surface area contributed by atoms with Gasteiger partial charge >= 0.3 is 0 Å². The molecule has 1 fully saturated rings. The number of anilines is 2. The summed E-state index contributed by atoms with van der Waals surface area (Å²) in [5, 5.41) is 0. The minimum absolute atomic E-state index is 0.0687. The average molecular weight is 249 g/mol. The number of ether oxygens (including phenoxy) is 1. The van der Waals surface area contributed by atoms with E-state index in [0.717, 1.165) is 0 Å². The van der Waals surface area contributed by atoms with Crippen molar-refractivity contribution in [1.82, 2.24) is 4.90 Å². The zero-order valence-corrected chi connectivity index (χ0v) is 10.8. The van der Waals surface area contributed by atoms with Gasteiger partial charge in [-0.1, -0.05) is 0 Å². The molecule has 1 aromatic rings. The van der Waals surface area contributed by atoms with Crippen molar-refractivity contribution in [3.63, 3.8) is 0 Å². The van der Waals surface area contributed by atoms with Crippen LogP contribution < -0.4 is 11.5 Å². The van der Waals surface area contributed by atoms with Crippen LogP contribution in [0.2, 0.25) is 0 Å². The number of hydrogen-bond donors (Lipinski definition) is 2. The fraction of sp³-hybridized carbons (Fsp3) is 0.462. The quantitative estimate of drug-likeness (QED) is 0.730. The molecule has 1 aliphatic rings. The summed E-state index contributed by atoms with van der Waals surface area (Å²) < 4.78 is 5.41. The van der Waals surface area contributed by atoms with Crippen molar-refractivity contribution < 1.29 is 9.53 Å². The molecule has 2 rings (SSSR count). The predicted octanol–water partition coefficient (Wildman–Crippen LogP) is 1.10. The Morgan fingerprint density at radius 1 is 1.39 bits per heavy atom. The summed E-state index contributed by atoms with van der Waals surface area (Å²) in [7, 11) is 0. The van der Waals surface area contributed by atoms with E-state index in [2.05, 4.69) is 0 Å². The van der Waals surface area contributed by atoms with E-state index in [1.54, 1.807) is 23.1 Å². The van der Waals surface area contributed by atoms with Crippen molar-refractivity contribution in [2.24, 2.45) is 0 Å². The number of morpholine rings is 1. The number of carbonyl (C=O) groups excluding carboxylic acids is 1. The highest BCUT2D eigenvalue weighted by molar-refractivity contribution is 6.00. The van der Waals surface area contributed by atoms with Crippen LogP contribution in [-0.2, 0) is 4.74 Å². The minimum Gasteiger partial charge on any atom is -0.399 e. The summed E-state index contributed by atoms with van der Waals surface area (Å²) in [5.41, 5.74) is 12.7. The van der Waals surface area contributed by atoms with Crippen LogP contribution in [0, 0.1) is 0 Å². The molecule has 0 bridgehead atoms. The second-order valence-corrected chi connectivity index (χ2v) is 5.17. The normalized spacial score (nSPS) is 18.7. The molecule has 0 spiro atoms. The number of hydrogen-bond acceptors (Lipinski definition) is 4. The van der Waals surface area contributed by atoms with Crippen LogP contribution in [0.15, 0.2) is 18.2 Å². The standard InChI is InChI=1S/C13H19N3O2/c1-13(2)8-18-6-5-16(13)12(17)10-4-3-9(14)7-11(10)15/h3-4,7H,5-6,8,14-15H2,1-2H3. The van der Waals surface area contributed by atoms with E-state index in [0.29, 0.717) is 36.7 Å². The molecule has 4 N–H and O–H groups in total. The maximum atomic E-state index is 12.5. The monoisotopic (exact) mass is 249 g/mol. The third kappa shape index (κ3) is 2.26. The molecule has 0 unspecified atom stereocenters. The van der Waals surface area contributed by atoms with Crippen LogP contribution in [0.4, 0.5) is 11.4 Å². The van der Waals surface area contributed by atoms with Gasteiger partial charge in [0, 0.05) is 17.9 Å². The summed E-state index contributed by atoms with van der Waals surface area (Å²) in [4.78, 5) is 14.3. The van der Waals surface area contributed by atoms with Crippen molar-refractivity contribution in [1.29, 1.82) is 0 Å². The summed E-state index contributed by atoms with van der Waals surface area (Å²) in [5.74, 6) is -0.0687. The van der Waals surface area contributed by atoms with E-state index in [4.69, 9.17) is 16.2 Å². The Bertz CT molecular complexity index is 471. The zero-order valence-electron chi connectivity index (χ0n) is 10.8. The Morgan fingerprint density at radius 3 is 2.72 bits per heavy atom. The Kier molecular flexibility index (Phi) is 3.17. The second kappa shape index (κ2) is 4.49. The van der Waals surface area contributed by atoms with Crippen LogP contribution in [0.25, 0.3) is 0 Å². The van der Waals surface area contributed by atoms with Gasteiger partial charge in [0.05, 0.1) is 24.3 Å². The van der Waals surface area contributed by atoms with Gasteiger partial charge in [-0.2, -0.15) is 0 Å². The molecule has 18 heavy (non-hydrogen) atoms. The predicted molar refractivity (Wildman–Crippen MR) is 71.2 cm³/mol. The maximum Gasteiger partial charge on any atom is 0.256 e. The molecule has 98 valence electrons. The molecule has 0 saturated carbocycles. The fourth-order valence-corrected chi connectivity index (χ4v) is 2.16. The van der Waals surface area contributed by atoms with Gasteiger partial charge in [-0.15, -0.1) is 0 Å². The third-order valence-electron chi connectivity index (χ3n) is 3.20. The highest BCUT2D eigenvalue weighted by Crippen LogP contribution is 2.24. The van der Waals surface area contributed by atoms with E-state index in [-0.39, 0.29) is 11.4 Å². The summed E-state index contributed by atoms with van der Waals surface area (Å²) in [6.45, 7) is 5.64. The number of nitrogen functional groups attached to an aromatic ring is 2. The highest BCUT2D eigenvalue weighted by atomic mass is 16.5. The Balaban J connectivity index is 2.30. The van der Waals surface area contributed by atoms with Crippen LogP contribution in [-0.4, -0.2) is 36.1 Å². The van der Waals surface area contributed by atoms with Crippen LogP contribution in [0.3, 0.4) is 0 Å². The van der Waals surface area contributed by atoms with Gasteiger partial charge in [0.15, 0.2) is 0 Å². The highest BCUT2D eigenvalue weighted by Gasteiger charge is 2.35. The number of nitrogens with zero attached hydrogens (tertiary/aromatic N) is 1. The number of benzene rings is 1. The van der Waals surface area contributed by atoms with Crippen LogP contribution >= 0.6 is 0 Å². The van der Waals surface area contributed by atoms with Crippen molar-refractivity contribution in [2.45, 2.75) is 19.4 Å². The lowest BCUT2D eigenvalue weighted by molar-refractivity contribution is -0.0370. The van der Waals surface area contributed by atoms with Crippen molar-refractivity contribution in [3.8, 4) is 0 Å². The average Bonchev–Trinajstić information content (AvgIpc) is 2.27. The molecule has 1 heterocycles. The number of nitrogens with two attached hydrogens (primary N) is 2. The van der Waals surface area contributed by atoms with Gasteiger partial charge in [-0.05, 0) is 32.0 Å². The van der Waals surface area contributed by atoms with E-state index in [1.807, 2.05) is 13.8 Å². The van der Waals surface area contributed by atoms with E-state index in [1.165, 1.54) is 0 Å². The number of amides is 1. The Hall–Kier alpha value is -1.75. The van der Waals surface area contributed by atoms with Gasteiger partial charge in [0.25, 0.3) is 5.91 Å². The molecule has 1 aliphatic heterocycles. The molecule has 0 aromatic heterocycles. The van der Waals surface area contributed by atoms with E-state index >= 15 is 0 Å². The van der Waals surface area contributed by atoms with Crippen molar-refractivity contribution in [2.75, 3.05) is 31.2 Å². The van der Waals surface area contributed by atoms with E-state index < -0.39 is 0 Å². The van der Waals surface area contributed by atoms with Gasteiger partial charge < -0.3 is 21.1 Å². The van der Waals surface area contributed by atoms with Crippen LogP contribution in [0.1, 0.15) is 24.2 Å². The second-order valence-electron chi connectivity index (χ2n) is 5.17. The first-order valence-electron chi connectivity index (χ1n) is 5.96. The SMILES string of the molecule is CC1(C)COCCN1C(=O)c1ccc(N)cc1N. The minimum atomic E-state index is -0.316. The smallest absolute Gasteiger partial charge is 0.256 e. The van der Waals surface area contributed by atoms with Crippen molar-refractivity contribution in [3.05, 3.63) is 23.8 Å². The summed E-state index contributed by atoms with van der Waals surface area (Å²) in [6.07, 6.45) is 0. The summed E-state index contributed by atoms with van der Waals surface area (Å²) >= 11 is 0. The molecule has 5 heteroatoms. The van der Waals surface area contributed by atoms with Crippen molar-refractivity contribution >= 4 is 17.3 Å². The lowest BCUT2D eigenvalue weighted by Gasteiger charge is -2.42. The number of carbonyl (C=O) groups is 1. The first kappa shape index (κ1) is 12.7. The molecule has 1 saturated heterocycles. The number of rotatable bonds is 1. The molecular formula is C13H19N3O2. The van der Waals surface area contributed by atoms with Crippen LogP contribution in [0.5, 0.6) is 0 Å². The first-order valence-corrected chi connectivity index (χ1v) is 5.96. The Labute approximate surface area is 107 Å². The Morgan fingerprint density at radius 2 is 2.11 bits per heavy atom. The largest absolute Gasteiger partial charge is 0.399 e. The molecular weight excluding hydrogens is 230 g/mol. The topological polar surface area (TPSA) is 81.6 Å². The lowest BCUT2D eigenvalue weighted by Crippen LogP contribution is -2.55. The molecule has 0 aliphatic carbocycles. The van der Waals surface area contributed by atoms with Gasteiger partial charge in [0.1, 0.15) is 0 Å². The molecule has 0 atom stereocenters. The van der Waals surface area contributed by atoms with Gasteiger partial charge in [-0.25, -0.2) is 0 Å². The summed E-state index contributed by atoms with van der Waals surface area (Å²) in [6, 6.07) is 4.98. The fourth-order valence-electron chi connectivity index (χ4n) is 2.16. The molecule has 0 radical (unpaired) electrons. The molecule has 1 aromatic carbocycles. The molecule has 1 amide bonds. The third-order valence-corrected chi connectivity index (χ3v) is 3.20. The van der Waals surface area contributed by atoms with Gasteiger partial charge in [-0.3, -0.25) is 4.79 Å². The van der Waals surface area contributed by atoms with Gasteiger partial charge in [0.2, 0.25) is 0 Å². The maximum absolute atomic E-state index is 12.5. The molecule has 5 nitrogen and oxygen atoms in total.